The normalized spacial score (nSPS) is 16.2. The minimum absolute atomic E-state index is 0.00227. The van der Waals surface area contributed by atoms with E-state index in [9.17, 15) is 4.79 Å². The minimum Gasteiger partial charge on any atom is -0.495 e. The molecule has 5 heteroatoms. The predicted molar refractivity (Wildman–Crippen MR) is 80.0 cm³/mol. The van der Waals surface area contributed by atoms with Gasteiger partial charge in [0.15, 0.2) is 0 Å². The maximum atomic E-state index is 12.5. The molecule has 110 valence electrons. The van der Waals surface area contributed by atoms with Gasteiger partial charge in [-0.05, 0) is 25.1 Å². The molecular formula is C15H23N3O2. The highest BCUT2D eigenvalue weighted by atomic mass is 16.5. The van der Waals surface area contributed by atoms with Crippen molar-refractivity contribution in [3.05, 3.63) is 23.8 Å². The lowest BCUT2D eigenvalue weighted by Crippen LogP contribution is -2.48. The Bertz CT molecular complexity index is 468. The summed E-state index contributed by atoms with van der Waals surface area (Å²) in [4.78, 5) is 16.8. The van der Waals surface area contributed by atoms with Crippen LogP contribution in [0, 0.1) is 0 Å². The molecule has 0 bridgehead atoms. The van der Waals surface area contributed by atoms with Gasteiger partial charge in [0, 0.05) is 26.2 Å². The van der Waals surface area contributed by atoms with Crippen molar-refractivity contribution < 1.29 is 9.53 Å². The first-order valence-corrected chi connectivity index (χ1v) is 7.11. The number of carbonyl (C=O) groups is 1. The van der Waals surface area contributed by atoms with Crippen molar-refractivity contribution in [1.82, 2.24) is 9.80 Å². The maximum Gasteiger partial charge on any atom is 0.256 e. The van der Waals surface area contributed by atoms with Crippen LogP contribution in [0.2, 0.25) is 0 Å². The fraction of sp³-hybridized carbons (Fsp3) is 0.533. The first kappa shape index (κ1) is 14.7. The molecule has 1 heterocycles. The van der Waals surface area contributed by atoms with Gasteiger partial charge in [0.25, 0.3) is 5.91 Å². The van der Waals surface area contributed by atoms with Crippen molar-refractivity contribution in [3.8, 4) is 5.75 Å². The molecule has 1 aliphatic rings. The smallest absolute Gasteiger partial charge is 0.256 e. The Morgan fingerprint density at radius 1 is 1.30 bits per heavy atom. The van der Waals surface area contributed by atoms with Crippen LogP contribution in [0.25, 0.3) is 0 Å². The number of amides is 1. The summed E-state index contributed by atoms with van der Waals surface area (Å²) < 4.78 is 5.17. The molecule has 0 saturated carbocycles. The molecular weight excluding hydrogens is 254 g/mol. The highest BCUT2D eigenvalue weighted by Gasteiger charge is 2.23. The van der Waals surface area contributed by atoms with Crippen LogP contribution in [0.3, 0.4) is 0 Å². The number of rotatable bonds is 4. The van der Waals surface area contributed by atoms with E-state index in [0.29, 0.717) is 17.0 Å². The molecule has 2 N–H and O–H groups in total. The van der Waals surface area contributed by atoms with Gasteiger partial charge in [-0.1, -0.05) is 13.0 Å². The second-order valence-corrected chi connectivity index (χ2v) is 5.06. The number of hydrogen-bond acceptors (Lipinski definition) is 4. The molecule has 1 amide bonds. The van der Waals surface area contributed by atoms with Crippen LogP contribution >= 0.6 is 0 Å². The molecule has 0 unspecified atom stereocenters. The number of para-hydroxylation sites is 1. The lowest BCUT2D eigenvalue weighted by atomic mass is 10.1. The van der Waals surface area contributed by atoms with E-state index in [4.69, 9.17) is 10.5 Å². The van der Waals surface area contributed by atoms with Crippen LogP contribution in [-0.4, -0.2) is 55.5 Å². The molecule has 0 atom stereocenters. The topological polar surface area (TPSA) is 58.8 Å². The average molecular weight is 277 g/mol. The minimum atomic E-state index is -0.00227. The van der Waals surface area contributed by atoms with E-state index in [2.05, 4.69) is 11.8 Å². The third-order valence-corrected chi connectivity index (χ3v) is 3.72. The fourth-order valence-electron chi connectivity index (χ4n) is 2.57. The van der Waals surface area contributed by atoms with Gasteiger partial charge >= 0.3 is 0 Å². The summed E-state index contributed by atoms with van der Waals surface area (Å²) in [5.74, 6) is 0.554. The number of nitrogens with zero attached hydrogens (tertiary/aromatic N) is 2. The Kier molecular flexibility index (Phi) is 4.84. The van der Waals surface area contributed by atoms with Crippen molar-refractivity contribution >= 4 is 11.6 Å². The Hall–Kier alpha value is -1.75. The number of anilines is 1. The van der Waals surface area contributed by atoms with Crippen molar-refractivity contribution in [2.75, 3.05) is 45.6 Å². The predicted octanol–water partition coefficient (Wildman–Crippen LogP) is 1.45. The molecule has 2 rings (SSSR count). The number of ether oxygens (including phenoxy) is 1. The van der Waals surface area contributed by atoms with Gasteiger partial charge in [0.2, 0.25) is 0 Å². The Morgan fingerprint density at radius 2 is 2.00 bits per heavy atom. The largest absolute Gasteiger partial charge is 0.495 e. The quantitative estimate of drug-likeness (QED) is 0.846. The van der Waals surface area contributed by atoms with Gasteiger partial charge < -0.3 is 15.4 Å². The van der Waals surface area contributed by atoms with Crippen LogP contribution in [0.1, 0.15) is 23.7 Å². The molecule has 20 heavy (non-hydrogen) atoms. The van der Waals surface area contributed by atoms with Gasteiger partial charge in [-0.3, -0.25) is 9.69 Å². The standard InChI is InChI=1S/C15H23N3O2/c1-3-7-17-8-10-18(11-9-17)15(19)12-5-4-6-13(20-2)14(12)16/h4-6H,3,7-11,16H2,1-2H3. The lowest BCUT2D eigenvalue weighted by molar-refractivity contribution is 0.0638. The Labute approximate surface area is 120 Å². The summed E-state index contributed by atoms with van der Waals surface area (Å²) in [5, 5.41) is 0. The third-order valence-electron chi connectivity index (χ3n) is 3.72. The van der Waals surface area contributed by atoms with Crippen LogP contribution < -0.4 is 10.5 Å². The zero-order chi connectivity index (χ0) is 14.5. The number of hydrogen-bond donors (Lipinski definition) is 1. The van der Waals surface area contributed by atoms with Crippen LogP contribution in [-0.2, 0) is 0 Å². The molecule has 0 radical (unpaired) electrons. The van der Waals surface area contributed by atoms with Crippen LogP contribution in [0.15, 0.2) is 18.2 Å². The average Bonchev–Trinajstić information content (AvgIpc) is 2.48. The van der Waals surface area contributed by atoms with Crippen LogP contribution in [0.5, 0.6) is 5.75 Å². The van der Waals surface area contributed by atoms with Crippen molar-refractivity contribution in [1.29, 1.82) is 0 Å². The molecule has 1 fully saturated rings. The summed E-state index contributed by atoms with van der Waals surface area (Å²) in [6.45, 7) is 6.66. The molecule has 0 aromatic heterocycles. The van der Waals surface area contributed by atoms with E-state index in [1.54, 1.807) is 25.3 Å². The molecule has 0 aliphatic carbocycles. The number of methoxy groups -OCH3 is 1. The second kappa shape index (κ2) is 6.61. The zero-order valence-electron chi connectivity index (χ0n) is 12.3. The Morgan fingerprint density at radius 3 is 2.60 bits per heavy atom. The number of nitrogens with two attached hydrogens (primary N) is 1. The number of nitrogen functional groups attached to an aromatic ring is 1. The molecule has 0 spiro atoms. The van der Waals surface area contributed by atoms with E-state index in [0.717, 1.165) is 39.1 Å². The van der Waals surface area contributed by atoms with Gasteiger partial charge in [-0.2, -0.15) is 0 Å². The molecule has 1 aromatic rings. The van der Waals surface area contributed by atoms with Crippen molar-refractivity contribution in [2.45, 2.75) is 13.3 Å². The second-order valence-electron chi connectivity index (χ2n) is 5.06. The summed E-state index contributed by atoms with van der Waals surface area (Å²) in [5.41, 5.74) is 6.96. The molecule has 1 aromatic carbocycles. The number of benzene rings is 1. The monoisotopic (exact) mass is 277 g/mol. The summed E-state index contributed by atoms with van der Waals surface area (Å²) >= 11 is 0. The fourth-order valence-corrected chi connectivity index (χ4v) is 2.57. The highest BCUT2D eigenvalue weighted by molar-refractivity contribution is 6.00. The molecule has 5 nitrogen and oxygen atoms in total. The lowest BCUT2D eigenvalue weighted by Gasteiger charge is -2.34. The van der Waals surface area contributed by atoms with E-state index in [-0.39, 0.29) is 5.91 Å². The zero-order valence-corrected chi connectivity index (χ0v) is 12.3. The first-order valence-electron chi connectivity index (χ1n) is 7.11. The number of carbonyl (C=O) groups excluding carboxylic acids is 1. The SMILES string of the molecule is CCCN1CCN(C(=O)c2cccc(OC)c2N)CC1. The number of piperazine rings is 1. The van der Waals surface area contributed by atoms with E-state index >= 15 is 0 Å². The van der Waals surface area contributed by atoms with Crippen LogP contribution in [0.4, 0.5) is 5.69 Å². The summed E-state index contributed by atoms with van der Waals surface area (Å²) in [7, 11) is 1.56. The highest BCUT2D eigenvalue weighted by Crippen LogP contribution is 2.26. The maximum absolute atomic E-state index is 12.5. The van der Waals surface area contributed by atoms with Gasteiger partial charge in [0.1, 0.15) is 5.75 Å². The summed E-state index contributed by atoms with van der Waals surface area (Å²) in [6.07, 6.45) is 1.15. The van der Waals surface area contributed by atoms with E-state index in [1.807, 2.05) is 4.90 Å². The third kappa shape index (κ3) is 3.04. The van der Waals surface area contributed by atoms with Gasteiger partial charge in [0.05, 0.1) is 18.4 Å². The van der Waals surface area contributed by atoms with Crippen molar-refractivity contribution in [2.24, 2.45) is 0 Å². The summed E-state index contributed by atoms with van der Waals surface area (Å²) in [6, 6.07) is 5.33. The molecule has 1 aliphatic heterocycles. The van der Waals surface area contributed by atoms with E-state index < -0.39 is 0 Å². The van der Waals surface area contributed by atoms with Gasteiger partial charge in [-0.15, -0.1) is 0 Å². The van der Waals surface area contributed by atoms with E-state index in [1.165, 1.54) is 0 Å². The van der Waals surface area contributed by atoms with Crippen molar-refractivity contribution in [3.63, 3.8) is 0 Å². The Balaban J connectivity index is 2.06. The van der Waals surface area contributed by atoms with Gasteiger partial charge in [-0.25, -0.2) is 0 Å². The first-order chi connectivity index (χ1) is 9.67. The molecule has 1 saturated heterocycles.